The highest BCUT2D eigenvalue weighted by Crippen LogP contribution is 2.41. The second kappa shape index (κ2) is 7.51. The highest BCUT2D eigenvalue weighted by Gasteiger charge is 2.33. The van der Waals surface area contributed by atoms with Gasteiger partial charge in [-0.05, 0) is 37.3 Å². The molecule has 0 aromatic heterocycles. The van der Waals surface area contributed by atoms with E-state index in [4.69, 9.17) is 4.74 Å². The van der Waals surface area contributed by atoms with E-state index in [0.717, 1.165) is 42.2 Å². The van der Waals surface area contributed by atoms with Crippen molar-refractivity contribution in [3.8, 4) is 5.75 Å². The minimum atomic E-state index is -0.675. The second-order valence-electron chi connectivity index (χ2n) is 6.45. The number of rotatable bonds is 7. The maximum absolute atomic E-state index is 13.3. The number of nitrogens with one attached hydrogen (secondary N) is 1. The Bertz CT molecular complexity index is 819. The Morgan fingerprint density at radius 1 is 1.31 bits per heavy atom. The Labute approximate surface area is 150 Å². The first-order chi connectivity index (χ1) is 12.4. The number of nitrogens with zero attached hydrogens (tertiary/aromatic N) is 1. The smallest absolute Gasteiger partial charge is 0.311 e. The summed E-state index contributed by atoms with van der Waals surface area (Å²) in [7, 11) is 0. The van der Waals surface area contributed by atoms with Gasteiger partial charge in [0.2, 0.25) is 5.75 Å². The Morgan fingerprint density at radius 2 is 2.00 bits per heavy atom. The van der Waals surface area contributed by atoms with E-state index in [1.807, 2.05) is 31.2 Å². The molecule has 1 fully saturated rings. The SMILES string of the molecule is Cc1ccc(C(NC(=O)COc2cc(F)ccc2[N+](=O)[O-])C2CC2)cc1. The van der Waals surface area contributed by atoms with Gasteiger partial charge in [0.1, 0.15) is 5.82 Å². The molecule has 0 spiro atoms. The summed E-state index contributed by atoms with van der Waals surface area (Å²) in [5.74, 6) is -0.948. The monoisotopic (exact) mass is 358 g/mol. The van der Waals surface area contributed by atoms with E-state index < -0.39 is 23.3 Å². The molecule has 0 bridgehead atoms. The third-order valence-electron chi connectivity index (χ3n) is 4.32. The molecule has 6 nitrogen and oxygen atoms in total. The van der Waals surface area contributed by atoms with Crippen LogP contribution in [-0.4, -0.2) is 17.4 Å². The van der Waals surface area contributed by atoms with Crippen LogP contribution in [0.15, 0.2) is 42.5 Å². The zero-order valence-corrected chi connectivity index (χ0v) is 14.3. The van der Waals surface area contributed by atoms with Crippen molar-refractivity contribution in [3.63, 3.8) is 0 Å². The van der Waals surface area contributed by atoms with E-state index in [-0.39, 0.29) is 17.5 Å². The lowest BCUT2D eigenvalue weighted by atomic mass is 10.0. The van der Waals surface area contributed by atoms with Crippen LogP contribution in [0.1, 0.15) is 30.0 Å². The lowest BCUT2D eigenvalue weighted by Crippen LogP contribution is -2.33. The molecule has 7 heteroatoms. The minimum Gasteiger partial charge on any atom is -0.477 e. The highest BCUT2D eigenvalue weighted by molar-refractivity contribution is 5.78. The van der Waals surface area contributed by atoms with Gasteiger partial charge in [-0.1, -0.05) is 29.8 Å². The number of hydrogen-bond donors (Lipinski definition) is 1. The lowest BCUT2D eigenvalue weighted by molar-refractivity contribution is -0.385. The van der Waals surface area contributed by atoms with Crippen LogP contribution in [0, 0.1) is 28.8 Å². The van der Waals surface area contributed by atoms with Gasteiger partial charge in [-0.3, -0.25) is 14.9 Å². The summed E-state index contributed by atoms with van der Waals surface area (Å²) in [4.78, 5) is 22.6. The summed E-state index contributed by atoms with van der Waals surface area (Å²) < 4.78 is 18.5. The molecule has 26 heavy (non-hydrogen) atoms. The Morgan fingerprint density at radius 3 is 2.62 bits per heavy atom. The Kier molecular flexibility index (Phi) is 5.16. The maximum atomic E-state index is 13.3. The minimum absolute atomic E-state index is 0.116. The molecule has 0 heterocycles. The molecule has 0 aliphatic heterocycles. The van der Waals surface area contributed by atoms with Crippen LogP contribution in [0.2, 0.25) is 0 Å². The number of amides is 1. The van der Waals surface area contributed by atoms with Gasteiger partial charge in [0, 0.05) is 12.1 Å². The van der Waals surface area contributed by atoms with Crippen molar-refractivity contribution in [2.75, 3.05) is 6.61 Å². The molecule has 1 amide bonds. The molecule has 1 aliphatic rings. The number of carbonyl (C=O) groups is 1. The molecule has 0 saturated heterocycles. The fraction of sp³-hybridized carbons (Fsp3) is 0.316. The van der Waals surface area contributed by atoms with Crippen molar-refractivity contribution in [2.45, 2.75) is 25.8 Å². The topological polar surface area (TPSA) is 81.5 Å². The van der Waals surface area contributed by atoms with E-state index in [1.54, 1.807) is 0 Å². The van der Waals surface area contributed by atoms with Gasteiger partial charge in [0.25, 0.3) is 5.91 Å². The summed E-state index contributed by atoms with van der Waals surface area (Å²) in [5, 5.41) is 13.9. The van der Waals surface area contributed by atoms with Crippen LogP contribution in [0.5, 0.6) is 5.75 Å². The van der Waals surface area contributed by atoms with E-state index in [0.29, 0.717) is 5.92 Å². The summed E-state index contributed by atoms with van der Waals surface area (Å²) >= 11 is 0. The number of carbonyl (C=O) groups excluding carboxylic acids is 1. The molecule has 136 valence electrons. The molecule has 1 saturated carbocycles. The average Bonchev–Trinajstić information content (AvgIpc) is 3.43. The predicted octanol–water partition coefficient (Wildman–Crippen LogP) is 3.69. The standard InChI is InChI=1S/C19H19FN2O4/c1-12-2-4-13(5-3-12)19(14-6-7-14)21-18(23)11-26-17-10-15(20)8-9-16(17)22(24)25/h2-5,8-10,14,19H,6-7,11H2,1H3,(H,21,23). The summed E-state index contributed by atoms with van der Waals surface area (Å²) in [5.41, 5.74) is 1.77. The molecule has 3 rings (SSSR count). The van der Waals surface area contributed by atoms with Crippen LogP contribution < -0.4 is 10.1 Å². The maximum Gasteiger partial charge on any atom is 0.311 e. The zero-order chi connectivity index (χ0) is 18.7. The van der Waals surface area contributed by atoms with Crippen molar-refractivity contribution in [3.05, 3.63) is 69.5 Å². The largest absolute Gasteiger partial charge is 0.477 e. The molecule has 0 radical (unpaired) electrons. The molecule has 1 N–H and O–H groups in total. The summed E-state index contributed by atoms with van der Waals surface area (Å²) in [6.45, 7) is 1.58. The average molecular weight is 358 g/mol. The fourth-order valence-electron chi connectivity index (χ4n) is 2.79. The molecule has 2 aromatic carbocycles. The van der Waals surface area contributed by atoms with Crippen molar-refractivity contribution in [2.24, 2.45) is 5.92 Å². The number of aryl methyl sites for hydroxylation is 1. The van der Waals surface area contributed by atoms with Crippen LogP contribution in [-0.2, 0) is 4.79 Å². The van der Waals surface area contributed by atoms with Gasteiger partial charge >= 0.3 is 5.69 Å². The normalized spacial score (nSPS) is 14.5. The third kappa shape index (κ3) is 4.36. The molecule has 2 aromatic rings. The molecule has 1 aliphatic carbocycles. The van der Waals surface area contributed by atoms with E-state index >= 15 is 0 Å². The summed E-state index contributed by atoms with van der Waals surface area (Å²) in [6, 6.07) is 10.7. The molecular weight excluding hydrogens is 339 g/mol. The van der Waals surface area contributed by atoms with Crippen LogP contribution in [0.4, 0.5) is 10.1 Å². The number of hydrogen-bond acceptors (Lipinski definition) is 4. The quantitative estimate of drug-likeness (QED) is 0.604. The summed E-state index contributed by atoms with van der Waals surface area (Å²) in [6.07, 6.45) is 2.07. The van der Waals surface area contributed by atoms with E-state index in [9.17, 15) is 19.3 Å². The fourth-order valence-corrected chi connectivity index (χ4v) is 2.79. The van der Waals surface area contributed by atoms with Gasteiger partial charge in [-0.15, -0.1) is 0 Å². The first-order valence-electron chi connectivity index (χ1n) is 8.36. The van der Waals surface area contributed by atoms with E-state index in [2.05, 4.69) is 5.32 Å². The first kappa shape index (κ1) is 17.8. The van der Waals surface area contributed by atoms with Gasteiger partial charge in [0.15, 0.2) is 6.61 Å². The van der Waals surface area contributed by atoms with Gasteiger partial charge in [-0.25, -0.2) is 4.39 Å². The van der Waals surface area contributed by atoms with Crippen LogP contribution in [0.25, 0.3) is 0 Å². The first-order valence-corrected chi connectivity index (χ1v) is 8.36. The lowest BCUT2D eigenvalue weighted by Gasteiger charge is -2.19. The van der Waals surface area contributed by atoms with Gasteiger partial charge in [0.05, 0.1) is 11.0 Å². The van der Waals surface area contributed by atoms with Gasteiger partial charge < -0.3 is 10.1 Å². The van der Waals surface area contributed by atoms with Crippen molar-refractivity contribution < 1.29 is 18.8 Å². The van der Waals surface area contributed by atoms with Crippen LogP contribution in [0.3, 0.4) is 0 Å². The van der Waals surface area contributed by atoms with Crippen molar-refractivity contribution in [1.29, 1.82) is 0 Å². The number of ether oxygens (including phenoxy) is 1. The number of benzene rings is 2. The highest BCUT2D eigenvalue weighted by atomic mass is 19.1. The zero-order valence-electron chi connectivity index (χ0n) is 14.3. The molecular formula is C19H19FN2O4. The van der Waals surface area contributed by atoms with E-state index in [1.165, 1.54) is 0 Å². The van der Waals surface area contributed by atoms with Crippen molar-refractivity contribution >= 4 is 11.6 Å². The number of halogens is 1. The second-order valence-corrected chi connectivity index (χ2v) is 6.45. The Balaban J connectivity index is 1.65. The van der Waals surface area contributed by atoms with Crippen LogP contribution >= 0.6 is 0 Å². The third-order valence-corrected chi connectivity index (χ3v) is 4.32. The van der Waals surface area contributed by atoms with Crippen molar-refractivity contribution in [1.82, 2.24) is 5.32 Å². The van der Waals surface area contributed by atoms with Gasteiger partial charge in [-0.2, -0.15) is 0 Å². The number of nitro groups is 1. The molecule has 1 atom stereocenters. The predicted molar refractivity (Wildman–Crippen MR) is 93.3 cm³/mol. The Hall–Kier alpha value is -2.96. The number of nitro benzene ring substituents is 1. The molecule has 1 unspecified atom stereocenters.